The van der Waals surface area contributed by atoms with Gasteiger partial charge >= 0.3 is 0 Å². The third-order valence-electron chi connectivity index (χ3n) is 3.53. The first-order chi connectivity index (χ1) is 10.3. The predicted molar refractivity (Wildman–Crippen MR) is 82.4 cm³/mol. The van der Waals surface area contributed by atoms with Gasteiger partial charge in [0.25, 0.3) is 0 Å². The first-order valence-corrected chi connectivity index (χ1v) is 6.65. The Kier molecular flexibility index (Phi) is 3.48. The Morgan fingerprint density at radius 2 is 1.57 bits per heavy atom. The van der Waals surface area contributed by atoms with Crippen LogP contribution in [0, 0.1) is 5.82 Å². The molecule has 0 saturated carbocycles. The highest BCUT2D eigenvalue weighted by atomic mass is 19.1. The molecule has 0 atom stereocenters. The normalized spacial score (nSPS) is 10.6. The molecule has 0 aliphatic heterocycles. The van der Waals surface area contributed by atoms with E-state index in [0.29, 0.717) is 22.6 Å². The van der Waals surface area contributed by atoms with Crippen molar-refractivity contribution in [3.05, 3.63) is 60.4 Å². The second-order valence-electron chi connectivity index (χ2n) is 4.69. The molecule has 106 valence electrons. The van der Waals surface area contributed by atoms with Gasteiger partial charge < -0.3 is 9.47 Å². The smallest absolute Gasteiger partial charge is 0.169 e. The Morgan fingerprint density at radius 3 is 2.29 bits per heavy atom. The van der Waals surface area contributed by atoms with Gasteiger partial charge in [-0.05, 0) is 22.9 Å². The molecule has 0 amide bonds. The maximum Gasteiger partial charge on any atom is 0.169 e. The van der Waals surface area contributed by atoms with E-state index in [1.54, 1.807) is 26.4 Å². The molecule has 0 unspecified atom stereocenters. The van der Waals surface area contributed by atoms with Gasteiger partial charge in [0.15, 0.2) is 11.5 Å². The summed E-state index contributed by atoms with van der Waals surface area (Å²) in [5, 5.41) is 1.91. The lowest BCUT2D eigenvalue weighted by Gasteiger charge is -2.16. The summed E-state index contributed by atoms with van der Waals surface area (Å²) < 4.78 is 25.2. The summed E-state index contributed by atoms with van der Waals surface area (Å²) in [6, 6.07) is 16.4. The summed E-state index contributed by atoms with van der Waals surface area (Å²) in [7, 11) is 3.15. The summed E-state index contributed by atoms with van der Waals surface area (Å²) in [5.74, 6) is 0.852. The highest BCUT2D eigenvalue weighted by Gasteiger charge is 2.18. The molecular weight excluding hydrogens is 267 g/mol. The molecule has 3 heteroatoms. The fraction of sp³-hybridized carbons (Fsp3) is 0.111. The van der Waals surface area contributed by atoms with E-state index in [1.807, 2.05) is 36.4 Å². The fourth-order valence-corrected chi connectivity index (χ4v) is 2.59. The molecule has 0 fully saturated rings. The van der Waals surface area contributed by atoms with Crippen LogP contribution in [0.3, 0.4) is 0 Å². The zero-order chi connectivity index (χ0) is 14.8. The standard InChI is InChI=1S/C18H15FO2/c1-20-16-11-12-7-3-4-8-13(12)17(18(16)21-2)14-9-5-6-10-15(14)19/h3-11H,1-2H3. The van der Waals surface area contributed by atoms with Gasteiger partial charge in [0.2, 0.25) is 0 Å². The second kappa shape index (κ2) is 5.44. The highest BCUT2D eigenvalue weighted by Crippen LogP contribution is 2.44. The number of benzene rings is 3. The molecule has 3 aromatic carbocycles. The van der Waals surface area contributed by atoms with Crippen LogP contribution in [-0.4, -0.2) is 14.2 Å². The SMILES string of the molecule is COc1cc2ccccc2c(-c2ccccc2F)c1OC. The monoisotopic (exact) mass is 282 g/mol. The molecule has 3 rings (SSSR count). The Balaban J connectivity index is 2.46. The van der Waals surface area contributed by atoms with Gasteiger partial charge in [0.1, 0.15) is 5.82 Å². The summed E-state index contributed by atoms with van der Waals surface area (Å²) in [6.45, 7) is 0. The van der Waals surface area contributed by atoms with Crippen molar-refractivity contribution in [3.8, 4) is 22.6 Å². The average Bonchev–Trinajstić information content (AvgIpc) is 2.53. The number of ether oxygens (including phenoxy) is 2. The first kappa shape index (κ1) is 13.4. The number of fused-ring (bicyclic) bond motifs is 1. The zero-order valence-corrected chi connectivity index (χ0v) is 11.9. The van der Waals surface area contributed by atoms with Crippen LogP contribution in [0.1, 0.15) is 0 Å². The van der Waals surface area contributed by atoms with Gasteiger partial charge in [-0.25, -0.2) is 4.39 Å². The van der Waals surface area contributed by atoms with E-state index >= 15 is 0 Å². The minimum atomic E-state index is -0.283. The summed E-state index contributed by atoms with van der Waals surface area (Å²) in [5.41, 5.74) is 1.22. The van der Waals surface area contributed by atoms with Crippen LogP contribution in [-0.2, 0) is 0 Å². The molecule has 21 heavy (non-hydrogen) atoms. The van der Waals surface area contributed by atoms with Crippen molar-refractivity contribution < 1.29 is 13.9 Å². The molecule has 0 aliphatic carbocycles. The number of halogens is 1. The van der Waals surface area contributed by atoms with Crippen molar-refractivity contribution in [2.75, 3.05) is 14.2 Å². The van der Waals surface area contributed by atoms with Gasteiger partial charge in [-0.15, -0.1) is 0 Å². The van der Waals surface area contributed by atoms with Crippen molar-refractivity contribution in [3.63, 3.8) is 0 Å². The topological polar surface area (TPSA) is 18.5 Å². The average molecular weight is 282 g/mol. The van der Waals surface area contributed by atoms with E-state index < -0.39 is 0 Å². The molecule has 0 bridgehead atoms. The second-order valence-corrected chi connectivity index (χ2v) is 4.69. The van der Waals surface area contributed by atoms with Crippen molar-refractivity contribution in [2.45, 2.75) is 0 Å². The maximum atomic E-state index is 14.3. The molecule has 0 aliphatic rings. The van der Waals surface area contributed by atoms with E-state index in [1.165, 1.54) is 6.07 Å². The number of hydrogen-bond donors (Lipinski definition) is 0. The lowest BCUT2D eigenvalue weighted by Crippen LogP contribution is -1.96. The Hall–Kier alpha value is -2.55. The third-order valence-corrected chi connectivity index (χ3v) is 3.53. The van der Waals surface area contributed by atoms with Crippen LogP contribution in [0.15, 0.2) is 54.6 Å². The molecule has 0 spiro atoms. The molecule has 0 heterocycles. The lowest BCUT2D eigenvalue weighted by atomic mass is 9.96. The number of methoxy groups -OCH3 is 2. The van der Waals surface area contributed by atoms with Gasteiger partial charge in [-0.1, -0.05) is 42.5 Å². The van der Waals surface area contributed by atoms with E-state index in [0.717, 1.165) is 10.8 Å². The molecule has 0 N–H and O–H groups in total. The number of hydrogen-bond acceptors (Lipinski definition) is 2. The van der Waals surface area contributed by atoms with Gasteiger partial charge in [-0.3, -0.25) is 0 Å². The predicted octanol–water partition coefficient (Wildman–Crippen LogP) is 4.66. The summed E-state index contributed by atoms with van der Waals surface area (Å²) >= 11 is 0. The van der Waals surface area contributed by atoms with Crippen LogP contribution in [0.5, 0.6) is 11.5 Å². The van der Waals surface area contributed by atoms with Gasteiger partial charge in [0.05, 0.1) is 14.2 Å². The summed E-state index contributed by atoms with van der Waals surface area (Å²) in [4.78, 5) is 0. The van der Waals surface area contributed by atoms with E-state index in [-0.39, 0.29) is 5.82 Å². The zero-order valence-electron chi connectivity index (χ0n) is 11.9. The largest absolute Gasteiger partial charge is 0.493 e. The fourth-order valence-electron chi connectivity index (χ4n) is 2.59. The van der Waals surface area contributed by atoms with Crippen molar-refractivity contribution in [2.24, 2.45) is 0 Å². The Morgan fingerprint density at radius 1 is 0.857 bits per heavy atom. The van der Waals surface area contributed by atoms with Crippen molar-refractivity contribution >= 4 is 10.8 Å². The van der Waals surface area contributed by atoms with Crippen LogP contribution in [0.25, 0.3) is 21.9 Å². The molecule has 2 nitrogen and oxygen atoms in total. The maximum absolute atomic E-state index is 14.3. The molecule has 0 aromatic heterocycles. The molecule has 0 saturated heterocycles. The Bertz CT molecular complexity index is 796. The van der Waals surface area contributed by atoms with Crippen molar-refractivity contribution in [1.29, 1.82) is 0 Å². The van der Waals surface area contributed by atoms with Gasteiger partial charge in [0, 0.05) is 11.1 Å². The van der Waals surface area contributed by atoms with Crippen LogP contribution < -0.4 is 9.47 Å². The molecular formula is C18H15FO2. The lowest BCUT2D eigenvalue weighted by molar-refractivity contribution is 0.357. The minimum absolute atomic E-state index is 0.283. The van der Waals surface area contributed by atoms with Gasteiger partial charge in [-0.2, -0.15) is 0 Å². The van der Waals surface area contributed by atoms with E-state index in [2.05, 4.69) is 0 Å². The molecule has 3 aromatic rings. The Labute approximate surface area is 122 Å². The third kappa shape index (κ3) is 2.21. The first-order valence-electron chi connectivity index (χ1n) is 6.65. The van der Waals surface area contributed by atoms with Crippen LogP contribution in [0.2, 0.25) is 0 Å². The summed E-state index contributed by atoms with van der Waals surface area (Å²) in [6.07, 6.45) is 0. The highest BCUT2D eigenvalue weighted by molar-refractivity contribution is 6.01. The van der Waals surface area contributed by atoms with Crippen LogP contribution >= 0.6 is 0 Å². The van der Waals surface area contributed by atoms with Crippen LogP contribution in [0.4, 0.5) is 4.39 Å². The van der Waals surface area contributed by atoms with E-state index in [4.69, 9.17) is 9.47 Å². The van der Waals surface area contributed by atoms with E-state index in [9.17, 15) is 4.39 Å². The molecule has 0 radical (unpaired) electrons. The minimum Gasteiger partial charge on any atom is -0.493 e. The van der Waals surface area contributed by atoms with Crippen molar-refractivity contribution in [1.82, 2.24) is 0 Å². The quantitative estimate of drug-likeness (QED) is 0.695. The number of rotatable bonds is 3.